The largest absolute Gasteiger partial charge is 0.294 e. The molecule has 0 spiro atoms. The van der Waals surface area contributed by atoms with Crippen LogP contribution >= 0.6 is 36.2 Å². The third-order valence-electron chi connectivity index (χ3n) is 6.70. The molecule has 1 atom stereocenters. The molecule has 1 unspecified atom stereocenters. The number of hydrazone groups is 1. The van der Waals surface area contributed by atoms with Crippen LogP contribution in [0.5, 0.6) is 0 Å². The first-order valence-corrected chi connectivity index (χ1v) is 17.3. The molecule has 0 aromatic heterocycles. The first-order chi connectivity index (χ1) is 17.1. The number of hydrogen-bond donors (Lipinski definition) is 1. The second-order valence-corrected chi connectivity index (χ2v) is 13.2. The van der Waals surface area contributed by atoms with E-state index in [1.54, 1.807) is 0 Å². The highest BCUT2D eigenvalue weighted by molar-refractivity contribution is 8.41. The molecule has 208 valence electrons. The molecule has 1 aliphatic rings. The fraction of sp³-hybridized carbons (Fsp3) is 0.964. The van der Waals surface area contributed by atoms with E-state index in [-0.39, 0.29) is 4.71 Å². The number of nitrogens with zero attached hydrogens (tertiary/aromatic N) is 4. The van der Waals surface area contributed by atoms with E-state index in [2.05, 4.69) is 42.5 Å². The maximum atomic E-state index is 5.02. The fourth-order valence-electron chi connectivity index (χ4n) is 4.39. The molecule has 0 N–H and O–H groups in total. The SMILES string of the molecule is CCCCCCN(CCCCCC)CSC1=NN(CN(CCCCCC)CCCCCC)C(S)S1. The Bertz CT molecular complexity index is 483. The highest BCUT2D eigenvalue weighted by Gasteiger charge is 2.26. The number of hydrogen-bond acceptors (Lipinski definition) is 7. The van der Waals surface area contributed by atoms with E-state index in [4.69, 9.17) is 17.7 Å². The maximum Gasteiger partial charge on any atom is 0.154 e. The summed E-state index contributed by atoms with van der Waals surface area (Å²) < 4.78 is 1.35. The number of thiol groups is 1. The Morgan fingerprint density at radius 1 is 0.686 bits per heavy atom. The van der Waals surface area contributed by atoms with Gasteiger partial charge in [-0.15, -0.1) is 12.6 Å². The van der Waals surface area contributed by atoms with E-state index in [1.165, 1.54) is 133 Å². The quantitative estimate of drug-likeness (QED) is 0.0738. The summed E-state index contributed by atoms with van der Waals surface area (Å²) in [5.74, 6) is 1.07. The Hall–Kier alpha value is 0.440. The van der Waals surface area contributed by atoms with Crippen LogP contribution in [-0.4, -0.2) is 62.6 Å². The van der Waals surface area contributed by atoms with Crippen LogP contribution < -0.4 is 0 Å². The van der Waals surface area contributed by atoms with Crippen LogP contribution in [0.15, 0.2) is 5.10 Å². The lowest BCUT2D eigenvalue weighted by Gasteiger charge is -2.28. The van der Waals surface area contributed by atoms with Crippen molar-refractivity contribution in [3.63, 3.8) is 0 Å². The van der Waals surface area contributed by atoms with Crippen LogP contribution in [0.25, 0.3) is 0 Å². The lowest BCUT2D eigenvalue weighted by atomic mass is 10.2. The molecule has 0 aliphatic carbocycles. The molecule has 0 bridgehead atoms. The smallest absolute Gasteiger partial charge is 0.154 e. The monoisotopic (exact) mass is 546 g/mol. The van der Waals surface area contributed by atoms with Crippen molar-refractivity contribution in [2.45, 2.75) is 135 Å². The molecule has 4 nitrogen and oxygen atoms in total. The van der Waals surface area contributed by atoms with Crippen LogP contribution in [0.2, 0.25) is 0 Å². The zero-order valence-corrected chi connectivity index (χ0v) is 26.2. The van der Waals surface area contributed by atoms with Crippen molar-refractivity contribution in [3.05, 3.63) is 0 Å². The predicted octanol–water partition coefficient (Wildman–Crippen LogP) is 9.09. The van der Waals surface area contributed by atoms with Crippen molar-refractivity contribution in [3.8, 4) is 0 Å². The van der Waals surface area contributed by atoms with Gasteiger partial charge in [0.15, 0.2) is 4.38 Å². The van der Waals surface area contributed by atoms with Crippen molar-refractivity contribution < 1.29 is 0 Å². The van der Waals surface area contributed by atoms with E-state index in [1.807, 2.05) is 23.5 Å². The van der Waals surface area contributed by atoms with Crippen molar-refractivity contribution in [2.24, 2.45) is 5.10 Å². The summed E-state index contributed by atoms with van der Waals surface area (Å²) >= 11 is 8.66. The van der Waals surface area contributed by atoms with Crippen molar-refractivity contribution in [1.29, 1.82) is 0 Å². The summed E-state index contributed by atoms with van der Waals surface area (Å²) in [6.07, 6.45) is 21.3. The van der Waals surface area contributed by atoms with Gasteiger partial charge >= 0.3 is 0 Å². The maximum absolute atomic E-state index is 5.02. The molecule has 7 heteroatoms. The van der Waals surface area contributed by atoms with E-state index in [0.717, 1.165) is 12.5 Å². The average Bonchev–Trinajstić information content (AvgIpc) is 3.21. The summed E-state index contributed by atoms with van der Waals surface area (Å²) in [5, 5.41) is 7.25. The minimum atomic E-state index is 0.147. The van der Waals surface area contributed by atoms with Gasteiger partial charge in [0.2, 0.25) is 0 Å². The fourth-order valence-corrected chi connectivity index (χ4v) is 7.01. The molecule has 0 aromatic carbocycles. The lowest BCUT2D eigenvalue weighted by Crippen LogP contribution is -2.37. The molecule has 0 amide bonds. The lowest BCUT2D eigenvalue weighted by molar-refractivity contribution is 0.144. The summed E-state index contributed by atoms with van der Waals surface area (Å²) in [6.45, 7) is 14.9. The van der Waals surface area contributed by atoms with Crippen LogP contribution in [0.3, 0.4) is 0 Å². The van der Waals surface area contributed by atoms with Gasteiger partial charge in [0, 0.05) is 0 Å². The highest BCUT2D eigenvalue weighted by Crippen LogP contribution is 2.34. The number of thioether (sulfide) groups is 2. The minimum absolute atomic E-state index is 0.147. The Morgan fingerprint density at radius 2 is 1.11 bits per heavy atom. The van der Waals surface area contributed by atoms with E-state index in [0.29, 0.717) is 0 Å². The van der Waals surface area contributed by atoms with Crippen LogP contribution in [0.1, 0.15) is 130 Å². The third kappa shape index (κ3) is 17.6. The van der Waals surface area contributed by atoms with Gasteiger partial charge in [0.1, 0.15) is 4.71 Å². The third-order valence-corrected chi connectivity index (χ3v) is 9.48. The molecule has 0 radical (unpaired) electrons. The van der Waals surface area contributed by atoms with Crippen molar-refractivity contribution in [2.75, 3.05) is 38.7 Å². The highest BCUT2D eigenvalue weighted by atomic mass is 32.2. The number of unbranched alkanes of at least 4 members (excludes halogenated alkanes) is 12. The average molecular weight is 547 g/mol. The van der Waals surface area contributed by atoms with Crippen LogP contribution in [-0.2, 0) is 0 Å². The molecule has 0 saturated heterocycles. The van der Waals surface area contributed by atoms with Gasteiger partial charge < -0.3 is 0 Å². The van der Waals surface area contributed by atoms with Crippen LogP contribution in [0, 0.1) is 0 Å². The topological polar surface area (TPSA) is 22.1 Å². The van der Waals surface area contributed by atoms with E-state index < -0.39 is 0 Å². The van der Waals surface area contributed by atoms with Gasteiger partial charge in [-0.05, 0) is 51.9 Å². The van der Waals surface area contributed by atoms with E-state index >= 15 is 0 Å². The van der Waals surface area contributed by atoms with Gasteiger partial charge in [0.25, 0.3) is 0 Å². The molecule has 0 saturated carbocycles. The molecule has 0 fully saturated rings. The number of rotatable bonds is 24. The molecular weight excluding hydrogens is 489 g/mol. The van der Waals surface area contributed by atoms with Gasteiger partial charge in [-0.2, -0.15) is 5.10 Å². The summed E-state index contributed by atoms with van der Waals surface area (Å²) in [4.78, 5) is 5.29. The normalized spacial score (nSPS) is 16.1. The zero-order chi connectivity index (χ0) is 25.6. The second-order valence-electron chi connectivity index (χ2n) is 10.1. The Labute approximate surface area is 233 Å². The first kappa shape index (κ1) is 33.5. The molecule has 35 heavy (non-hydrogen) atoms. The Kier molecular flexibility index (Phi) is 22.5. The zero-order valence-electron chi connectivity index (χ0n) is 23.7. The molecule has 0 aromatic rings. The first-order valence-electron chi connectivity index (χ1n) is 14.9. The summed E-state index contributed by atoms with van der Waals surface area (Å²) in [6, 6.07) is 0. The Balaban J connectivity index is 2.55. The Morgan fingerprint density at radius 3 is 1.54 bits per heavy atom. The van der Waals surface area contributed by atoms with Gasteiger partial charge in [-0.25, -0.2) is 0 Å². The van der Waals surface area contributed by atoms with Crippen molar-refractivity contribution >= 4 is 40.5 Å². The summed E-state index contributed by atoms with van der Waals surface area (Å²) in [5.41, 5.74) is 0. The molecule has 1 aliphatic heterocycles. The van der Waals surface area contributed by atoms with Gasteiger partial charge in [0.05, 0.1) is 12.5 Å². The molecular formula is C28H58N4S3. The van der Waals surface area contributed by atoms with Crippen molar-refractivity contribution in [1.82, 2.24) is 14.8 Å². The molecule has 1 rings (SSSR count). The van der Waals surface area contributed by atoms with E-state index in [9.17, 15) is 0 Å². The molecule has 1 heterocycles. The minimum Gasteiger partial charge on any atom is -0.294 e. The van der Waals surface area contributed by atoms with Gasteiger partial charge in [-0.3, -0.25) is 14.8 Å². The second kappa shape index (κ2) is 23.5. The predicted molar refractivity (Wildman–Crippen MR) is 167 cm³/mol. The summed E-state index contributed by atoms with van der Waals surface area (Å²) in [7, 11) is 0. The van der Waals surface area contributed by atoms with Gasteiger partial charge in [-0.1, -0.05) is 128 Å². The van der Waals surface area contributed by atoms with Crippen LogP contribution in [0.4, 0.5) is 0 Å². The standard InChI is InChI=1S/C28H58N4S3/c1-5-9-13-17-21-30(22-18-14-10-6-2)25-32-28(33)35-27(29-32)34-26-31(23-19-15-11-7-3)24-20-16-12-8-4/h28,33H,5-26H2,1-4H3.